The normalized spacial score (nSPS) is 19.6. The Bertz CT molecular complexity index is 958. The van der Waals surface area contributed by atoms with Crippen LogP contribution in [-0.2, 0) is 11.2 Å². The van der Waals surface area contributed by atoms with Gasteiger partial charge in [-0.05, 0) is 80.2 Å². The number of thioether (sulfide) groups is 1. The summed E-state index contributed by atoms with van der Waals surface area (Å²) in [4.78, 5) is 28.7. The van der Waals surface area contributed by atoms with E-state index in [2.05, 4.69) is 4.90 Å². The number of carbonyl (C=O) groups is 2. The number of hydrogen-bond donors (Lipinski definition) is 1. The van der Waals surface area contributed by atoms with Crippen LogP contribution < -0.4 is 4.90 Å². The summed E-state index contributed by atoms with van der Waals surface area (Å²) in [6.45, 7) is 4.82. The summed E-state index contributed by atoms with van der Waals surface area (Å²) in [5, 5.41) is 9.46. The quantitative estimate of drug-likeness (QED) is 0.745. The second-order valence-corrected chi connectivity index (χ2v) is 8.89. The Kier molecular flexibility index (Phi) is 6.11. The number of amides is 1. The first kappa shape index (κ1) is 20.9. The third-order valence-corrected chi connectivity index (χ3v) is 7.17. The van der Waals surface area contributed by atoms with Gasteiger partial charge in [0.05, 0.1) is 11.3 Å². The van der Waals surface area contributed by atoms with E-state index < -0.39 is 5.97 Å². The summed E-state index contributed by atoms with van der Waals surface area (Å²) in [6.07, 6.45) is 3.00. The van der Waals surface area contributed by atoms with Crippen LogP contribution >= 0.6 is 11.8 Å². The minimum atomic E-state index is -0.946. The topological polar surface area (TPSA) is 60.9 Å². The number of rotatable bonds is 6. The van der Waals surface area contributed by atoms with Gasteiger partial charge in [-0.3, -0.25) is 9.69 Å². The van der Waals surface area contributed by atoms with Gasteiger partial charge in [-0.1, -0.05) is 12.1 Å². The van der Waals surface area contributed by atoms with E-state index >= 15 is 0 Å². The van der Waals surface area contributed by atoms with Crippen LogP contribution in [0.15, 0.2) is 36.4 Å². The Labute approximate surface area is 179 Å². The molecule has 1 N–H and O–H groups in total. The predicted octanol–water partition coefficient (Wildman–Crippen LogP) is 4.25. The van der Waals surface area contributed by atoms with Crippen molar-refractivity contribution in [2.24, 2.45) is 0 Å². The van der Waals surface area contributed by atoms with Gasteiger partial charge in [0.25, 0.3) is 0 Å². The fourth-order valence-corrected chi connectivity index (χ4v) is 5.53. The zero-order chi connectivity index (χ0) is 21.3. The molecule has 30 heavy (non-hydrogen) atoms. The third kappa shape index (κ3) is 4.09. The van der Waals surface area contributed by atoms with Gasteiger partial charge in [0.1, 0.15) is 11.2 Å². The highest BCUT2D eigenvalue weighted by Gasteiger charge is 2.35. The van der Waals surface area contributed by atoms with Crippen molar-refractivity contribution < 1.29 is 19.1 Å². The number of carboxylic acid groups (broad SMARTS) is 1. The zero-order valence-corrected chi connectivity index (χ0v) is 17.8. The van der Waals surface area contributed by atoms with Crippen molar-refractivity contribution in [2.75, 3.05) is 30.3 Å². The molecule has 5 nitrogen and oxygen atoms in total. The number of carbonyl (C=O) groups excluding carboxylic acids is 1. The number of likely N-dealkylation sites (tertiary alicyclic amines) is 1. The third-order valence-electron chi connectivity index (χ3n) is 5.96. The van der Waals surface area contributed by atoms with Crippen LogP contribution in [0.1, 0.15) is 45.3 Å². The van der Waals surface area contributed by atoms with E-state index in [-0.39, 0.29) is 17.1 Å². The van der Waals surface area contributed by atoms with Crippen molar-refractivity contribution >= 4 is 29.3 Å². The smallest absolute Gasteiger partial charge is 0.335 e. The van der Waals surface area contributed by atoms with E-state index in [0.29, 0.717) is 17.7 Å². The van der Waals surface area contributed by atoms with Gasteiger partial charge in [0, 0.05) is 12.2 Å². The largest absolute Gasteiger partial charge is 0.478 e. The fraction of sp³-hybridized carbons (Fsp3) is 0.391. The van der Waals surface area contributed by atoms with Gasteiger partial charge in [-0.25, -0.2) is 9.18 Å². The van der Waals surface area contributed by atoms with Crippen molar-refractivity contribution in [2.45, 2.75) is 31.6 Å². The van der Waals surface area contributed by atoms with Crippen molar-refractivity contribution in [1.29, 1.82) is 0 Å². The Morgan fingerprint density at radius 2 is 1.87 bits per heavy atom. The number of carboxylic acids is 1. The molecule has 7 heteroatoms. The molecule has 2 saturated heterocycles. The van der Waals surface area contributed by atoms with Crippen LogP contribution in [0.2, 0.25) is 0 Å². The highest BCUT2D eigenvalue weighted by Crippen LogP contribution is 2.43. The van der Waals surface area contributed by atoms with Gasteiger partial charge in [0.15, 0.2) is 0 Å². The lowest BCUT2D eigenvalue weighted by Crippen LogP contribution is -2.29. The molecular weight excluding hydrogens is 403 g/mol. The van der Waals surface area contributed by atoms with Crippen LogP contribution in [-0.4, -0.2) is 47.3 Å². The Morgan fingerprint density at radius 3 is 2.53 bits per heavy atom. The molecule has 1 unspecified atom stereocenters. The van der Waals surface area contributed by atoms with E-state index in [1.807, 2.05) is 6.92 Å². The molecule has 1 amide bonds. The fourth-order valence-electron chi connectivity index (χ4n) is 4.36. The summed E-state index contributed by atoms with van der Waals surface area (Å²) in [6, 6.07) is 9.56. The summed E-state index contributed by atoms with van der Waals surface area (Å²) in [5.41, 5.74) is 3.51. The maximum Gasteiger partial charge on any atom is 0.335 e. The molecule has 0 bridgehead atoms. The van der Waals surface area contributed by atoms with E-state index in [4.69, 9.17) is 0 Å². The Hall–Kier alpha value is -2.38. The lowest BCUT2D eigenvalue weighted by Gasteiger charge is -2.28. The number of hydrogen-bond acceptors (Lipinski definition) is 4. The van der Waals surface area contributed by atoms with Gasteiger partial charge < -0.3 is 10.0 Å². The molecule has 158 valence electrons. The second kappa shape index (κ2) is 8.78. The molecule has 0 saturated carbocycles. The first-order valence-corrected chi connectivity index (χ1v) is 11.3. The SMILES string of the molecule is Cc1c(N2C(=O)CSC2c2ccc(F)cc2)ccc(C(=O)O)c1CCN1CCCC1. The Balaban J connectivity index is 1.69. The van der Waals surface area contributed by atoms with Crippen LogP contribution in [0, 0.1) is 12.7 Å². The van der Waals surface area contributed by atoms with E-state index in [9.17, 15) is 19.1 Å². The van der Waals surface area contributed by atoms with E-state index in [0.717, 1.165) is 42.0 Å². The van der Waals surface area contributed by atoms with Gasteiger partial charge in [-0.15, -0.1) is 11.8 Å². The lowest BCUT2D eigenvalue weighted by molar-refractivity contribution is -0.115. The summed E-state index contributed by atoms with van der Waals surface area (Å²) in [5.74, 6) is -0.944. The molecule has 2 aromatic carbocycles. The molecule has 2 aromatic rings. The van der Waals surface area contributed by atoms with Crippen molar-refractivity contribution in [3.05, 3.63) is 64.5 Å². The number of halogens is 1. The molecule has 2 aliphatic rings. The highest BCUT2D eigenvalue weighted by molar-refractivity contribution is 8.00. The molecule has 0 aromatic heterocycles. The molecular formula is C23H25FN2O3S. The standard InChI is InChI=1S/C23H25FN2O3S/c1-15-18(10-13-25-11-2-3-12-25)19(23(28)29)8-9-20(15)26-21(27)14-30-22(26)16-4-6-17(24)7-5-16/h4-9,22H,2-3,10-14H2,1H3,(H,28,29). The van der Waals surface area contributed by atoms with Gasteiger partial charge in [-0.2, -0.15) is 0 Å². The summed E-state index contributed by atoms with van der Waals surface area (Å²) in [7, 11) is 0. The zero-order valence-electron chi connectivity index (χ0n) is 16.9. The monoisotopic (exact) mass is 428 g/mol. The van der Waals surface area contributed by atoms with Crippen LogP contribution in [0.5, 0.6) is 0 Å². The average Bonchev–Trinajstić information content (AvgIpc) is 3.37. The predicted molar refractivity (Wildman–Crippen MR) is 117 cm³/mol. The van der Waals surface area contributed by atoms with Crippen LogP contribution in [0.25, 0.3) is 0 Å². The summed E-state index contributed by atoms with van der Waals surface area (Å²) >= 11 is 1.50. The molecule has 4 rings (SSSR count). The first-order chi connectivity index (χ1) is 14.5. The molecule has 2 heterocycles. The van der Waals surface area contributed by atoms with Crippen molar-refractivity contribution in [3.8, 4) is 0 Å². The van der Waals surface area contributed by atoms with Gasteiger partial charge in [0.2, 0.25) is 5.91 Å². The number of anilines is 1. The van der Waals surface area contributed by atoms with Crippen molar-refractivity contribution in [3.63, 3.8) is 0 Å². The molecule has 2 fully saturated rings. The molecule has 0 radical (unpaired) electrons. The van der Waals surface area contributed by atoms with Crippen LogP contribution in [0.4, 0.5) is 10.1 Å². The highest BCUT2D eigenvalue weighted by atomic mass is 32.2. The van der Waals surface area contributed by atoms with E-state index in [1.165, 1.54) is 36.7 Å². The van der Waals surface area contributed by atoms with E-state index in [1.54, 1.807) is 29.2 Å². The number of aromatic carboxylic acids is 1. The molecule has 0 spiro atoms. The lowest BCUT2D eigenvalue weighted by atomic mass is 9.96. The molecule has 0 aliphatic carbocycles. The number of benzene rings is 2. The Morgan fingerprint density at radius 1 is 1.17 bits per heavy atom. The van der Waals surface area contributed by atoms with Crippen LogP contribution in [0.3, 0.4) is 0 Å². The second-order valence-electron chi connectivity index (χ2n) is 7.82. The summed E-state index contributed by atoms with van der Waals surface area (Å²) < 4.78 is 13.4. The first-order valence-electron chi connectivity index (χ1n) is 10.2. The minimum absolute atomic E-state index is 0.0222. The average molecular weight is 429 g/mol. The minimum Gasteiger partial charge on any atom is -0.478 e. The maximum absolute atomic E-state index is 13.4. The van der Waals surface area contributed by atoms with Gasteiger partial charge >= 0.3 is 5.97 Å². The molecule has 1 atom stereocenters. The maximum atomic E-state index is 13.4. The molecule has 2 aliphatic heterocycles. The van der Waals surface area contributed by atoms with Crippen molar-refractivity contribution in [1.82, 2.24) is 4.90 Å². The number of nitrogens with zero attached hydrogens (tertiary/aromatic N) is 2.